The van der Waals surface area contributed by atoms with E-state index < -0.39 is 33.6 Å². The highest BCUT2D eigenvalue weighted by atomic mass is 19.1. The normalized spacial score (nSPS) is 21.6. The van der Waals surface area contributed by atoms with Gasteiger partial charge in [-0.15, -0.1) is 0 Å². The predicted molar refractivity (Wildman–Crippen MR) is 70.2 cm³/mol. The molecule has 114 valence electrons. The van der Waals surface area contributed by atoms with Crippen LogP contribution in [-0.2, 0) is 4.79 Å². The van der Waals surface area contributed by atoms with E-state index >= 15 is 0 Å². The summed E-state index contributed by atoms with van der Waals surface area (Å²) >= 11 is 0. The number of rotatable bonds is 4. The van der Waals surface area contributed by atoms with E-state index in [0.29, 0.717) is 12.5 Å². The fraction of sp³-hybridized carbons (Fsp3) is 0.462. The molecular formula is C13H14F2N2O4. The van der Waals surface area contributed by atoms with Crippen molar-refractivity contribution in [3.05, 3.63) is 33.9 Å². The second-order valence-corrected chi connectivity index (χ2v) is 5.12. The molecule has 1 fully saturated rings. The Balaban J connectivity index is 2.45. The standard InChI is InChI=1S/C13H14F2N2O4/c1-2-13(12(18)19)3-4-16(7-13)10-6-8(14)5-9(15)11(10)17(20)21/h5-6H,2-4,7H2,1H3,(H,18,19). The van der Waals surface area contributed by atoms with Crippen LogP contribution in [0.5, 0.6) is 0 Å². The van der Waals surface area contributed by atoms with Gasteiger partial charge in [-0.3, -0.25) is 14.9 Å². The number of hydrogen-bond acceptors (Lipinski definition) is 4. The molecule has 1 aromatic rings. The van der Waals surface area contributed by atoms with Crippen molar-refractivity contribution >= 4 is 17.3 Å². The molecular weight excluding hydrogens is 286 g/mol. The van der Waals surface area contributed by atoms with Gasteiger partial charge in [-0.2, -0.15) is 4.39 Å². The van der Waals surface area contributed by atoms with Crippen molar-refractivity contribution in [2.75, 3.05) is 18.0 Å². The number of benzene rings is 1. The van der Waals surface area contributed by atoms with Gasteiger partial charge in [0, 0.05) is 25.2 Å². The van der Waals surface area contributed by atoms with Crippen molar-refractivity contribution in [3.8, 4) is 0 Å². The molecule has 21 heavy (non-hydrogen) atoms. The Kier molecular flexibility index (Phi) is 3.80. The lowest BCUT2D eigenvalue weighted by Gasteiger charge is -2.24. The number of aliphatic carboxylic acids is 1. The highest BCUT2D eigenvalue weighted by Gasteiger charge is 2.45. The lowest BCUT2D eigenvalue weighted by atomic mass is 9.84. The van der Waals surface area contributed by atoms with Crippen molar-refractivity contribution in [3.63, 3.8) is 0 Å². The molecule has 1 heterocycles. The van der Waals surface area contributed by atoms with Crippen LogP contribution in [0.2, 0.25) is 0 Å². The first-order valence-corrected chi connectivity index (χ1v) is 6.42. The summed E-state index contributed by atoms with van der Waals surface area (Å²) in [6, 6.07) is 1.32. The Labute approximate surface area is 119 Å². The van der Waals surface area contributed by atoms with Crippen molar-refractivity contribution in [2.24, 2.45) is 5.41 Å². The van der Waals surface area contributed by atoms with E-state index in [2.05, 4.69) is 0 Å². The highest BCUT2D eigenvalue weighted by Crippen LogP contribution is 2.40. The molecule has 1 unspecified atom stereocenters. The zero-order chi connectivity index (χ0) is 15.8. The minimum absolute atomic E-state index is 0.0113. The number of nitrogens with zero attached hydrogens (tertiary/aromatic N) is 2. The molecule has 8 heteroatoms. The van der Waals surface area contributed by atoms with Gasteiger partial charge in [-0.05, 0) is 12.8 Å². The number of carboxylic acid groups (broad SMARTS) is 1. The van der Waals surface area contributed by atoms with Crippen molar-refractivity contribution in [1.82, 2.24) is 0 Å². The topological polar surface area (TPSA) is 83.7 Å². The third-order valence-electron chi connectivity index (χ3n) is 4.02. The van der Waals surface area contributed by atoms with Gasteiger partial charge in [0.2, 0.25) is 5.82 Å². The van der Waals surface area contributed by atoms with Crippen LogP contribution in [0.3, 0.4) is 0 Å². The summed E-state index contributed by atoms with van der Waals surface area (Å²) in [7, 11) is 0. The fourth-order valence-electron chi connectivity index (χ4n) is 2.67. The summed E-state index contributed by atoms with van der Waals surface area (Å²) in [5, 5.41) is 20.3. The number of nitro benzene ring substituents is 1. The van der Waals surface area contributed by atoms with Crippen LogP contribution in [0, 0.1) is 27.2 Å². The maximum absolute atomic E-state index is 13.6. The third kappa shape index (κ3) is 2.53. The number of hydrogen-bond donors (Lipinski definition) is 1. The quantitative estimate of drug-likeness (QED) is 0.682. The minimum Gasteiger partial charge on any atom is -0.481 e. The second-order valence-electron chi connectivity index (χ2n) is 5.12. The molecule has 0 amide bonds. The number of anilines is 1. The van der Waals surface area contributed by atoms with Crippen LogP contribution in [0.25, 0.3) is 0 Å². The maximum Gasteiger partial charge on any atom is 0.328 e. The van der Waals surface area contributed by atoms with Crippen LogP contribution in [0.4, 0.5) is 20.2 Å². The Morgan fingerprint density at radius 2 is 2.19 bits per heavy atom. The lowest BCUT2D eigenvalue weighted by Crippen LogP contribution is -2.34. The van der Waals surface area contributed by atoms with E-state index in [4.69, 9.17) is 0 Å². The number of carbonyl (C=O) groups is 1. The van der Waals surface area contributed by atoms with Gasteiger partial charge >= 0.3 is 11.7 Å². The molecule has 0 spiro atoms. The van der Waals surface area contributed by atoms with Gasteiger partial charge in [-0.25, -0.2) is 4.39 Å². The zero-order valence-corrected chi connectivity index (χ0v) is 11.3. The highest BCUT2D eigenvalue weighted by molar-refractivity contribution is 5.77. The van der Waals surface area contributed by atoms with Gasteiger partial charge < -0.3 is 10.0 Å². The summed E-state index contributed by atoms with van der Waals surface area (Å²) < 4.78 is 27.0. The molecule has 0 radical (unpaired) electrons. The van der Waals surface area contributed by atoms with Gasteiger partial charge in [-0.1, -0.05) is 6.92 Å². The average Bonchev–Trinajstić information content (AvgIpc) is 2.82. The maximum atomic E-state index is 13.6. The number of carboxylic acids is 1. The molecule has 1 aliphatic heterocycles. The van der Waals surface area contributed by atoms with E-state index in [-0.39, 0.29) is 25.2 Å². The first-order chi connectivity index (χ1) is 9.80. The summed E-state index contributed by atoms with van der Waals surface area (Å²) in [4.78, 5) is 22.8. The van der Waals surface area contributed by atoms with E-state index in [1.54, 1.807) is 6.92 Å². The van der Waals surface area contributed by atoms with Crippen molar-refractivity contribution < 1.29 is 23.6 Å². The smallest absolute Gasteiger partial charge is 0.328 e. The average molecular weight is 300 g/mol. The minimum atomic E-state index is -1.26. The predicted octanol–water partition coefficient (Wildman–Crippen LogP) is 2.56. The Morgan fingerprint density at radius 1 is 1.52 bits per heavy atom. The zero-order valence-electron chi connectivity index (χ0n) is 11.3. The molecule has 0 aliphatic carbocycles. The molecule has 1 aliphatic rings. The van der Waals surface area contributed by atoms with E-state index in [1.807, 2.05) is 0 Å². The monoisotopic (exact) mass is 300 g/mol. The second kappa shape index (κ2) is 5.27. The van der Waals surface area contributed by atoms with Crippen molar-refractivity contribution in [2.45, 2.75) is 19.8 Å². The summed E-state index contributed by atoms with van der Waals surface area (Å²) in [5.41, 5.74) is -2.08. The molecule has 6 nitrogen and oxygen atoms in total. The van der Waals surface area contributed by atoms with E-state index in [0.717, 1.165) is 6.07 Å². The molecule has 0 aromatic heterocycles. The molecule has 2 rings (SSSR count). The lowest BCUT2D eigenvalue weighted by molar-refractivity contribution is -0.386. The van der Waals surface area contributed by atoms with Gasteiger partial charge in [0.15, 0.2) is 0 Å². The van der Waals surface area contributed by atoms with Crippen LogP contribution in [0.1, 0.15) is 19.8 Å². The van der Waals surface area contributed by atoms with Crippen LogP contribution in [-0.4, -0.2) is 29.1 Å². The SMILES string of the molecule is CCC1(C(=O)O)CCN(c2cc(F)cc(F)c2[N+](=O)[O-])C1. The summed E-state index contributed by atoms with van der Waals surface area (Å²) in [5.74, 6) is -3.20. The molecule has 1 saturated heterocycles. The molecule has 1 N–H and O–H groups in total. The third-order valence-corrected chi connectivity index (χ3v) is 4.02. The molecule has 1 aromatic carbocycles. The van der Waals surface area contributed by atoms with E-state index in [1.165, 1.54) is 4.90 Å². The van der Waals surface area contributed by atoms with Gasteiger partial charge in [0.25, 0.3) is 0 Å². The van der Waals surface area contributed by atoms with Crippen LogP contribution in [0.15, 0.2) is 12.1 Å². The first kappa shape index (κ1) is 15.1. The molecule has 0 bridgehead atoms. The number of halogens is 2. The van der Waals surface area contributed by atoms with E-state index in [9.17, 15) is 28.8 Å². The summed E-state index contributed by atoms with van der Waals surface area (Å²) in [6.45, 7) is 1.89. The molecule has 0 saturated carbocycles. The number of nitro groups is 1. The largest absolute Gasteiger partial charge is 0.481 e. The van der Waals surface area contributed by atoms with Crippen LogP contribution < -0.4 is 4.90 Å². The van der Waals surface area contributed by atoms with Gasteiger partial charge in [0.05, 0.1) is 10.3 Å². The van der Waals surface area contributed by atoms with Crippen molar-refractivity contribution in [1.29, 1.82) is 0 Å². The fourth-order valence-corrected chi connectivity index (χ4v) is 2.67. The Hall–Kier alpha value is -2.25. The van der Waals surface area contributed by atoms with Gasteiger partial charge in [0.1, 0.15) is 11.5 Å². The molecule has 1 atom stereocenters. The summed E-state index contributed by atoms with van der Waals surface area (Å²) in [6.07, 6.45) is 0.610. The first-order valence-electron chi connectivity index (χ1n) is 6.42. The Bertz CT molecular complexity index is 608. The Morgan fingerprint density at radius 3 is 2.67 bits per heavy atom. The van der Waals surface area contributed by atoms with Crippen LogP contribution >= 0.6 is 0 Å².